The predicted molar refractivity (Wildman–Crippen MR) is 105 cm³/mol. The third-order valence-corrected chi connectivity index (χ3v) is 4.33. The summed E-state index contributed by atoms with van der Waals surface area (Å²) in [6.45, 7) is 2.41. The minimum Gasteiger partial charge on any atom is -0.454 e. The number of benzene rings is 2. The van der Waals surface area contributed by atoms with E-state index in [4.69, 9.17) is 9.47 Å². The van der Waals surface area contributed by atoms with Crippen LogP contribution in [0.4, 0.5) is 0 Å². The van der Waals surface area contributed by atoms with Crippen LogP contribution < -0.4 is 9.47 Å². The molecule has 0 fully saturated rings. The first-order valence-electron chi connectivity index (χ1n) is 9.14. The van der Waals surface area contributed by atoms with Crippen molar-refractivity contribution in [3.8, 4) is 11.5 Å². The van der Waals surface area contributed by atoms with Crippen molar-refractivity contribution < 1.29 is 14.3 Å². The molecule has 0 spiro atoms. The number of carbonyl (C=O) groups excluding carboxylic acids is 1. The van der Waals surface area contributed by atoms with Crippen molar-refractivity contribution >= 4 is 11.9 Å². The van der Waals surface area contributed by atoms with Gasteiger partial charge in [0, 0.05) is 5.56 Å². The van der Waals surface area contributed by atoms with Crippen molar-refractivity contribution in [2.75, 3.05) is 6.79 Å². The van der Waals surface area contributed by atoms with Gasteiger partial charge in [0.1, 0.15) is 0 Å². The standard InChI is InChI=1S/C23H24O3/c1-2-3-5-8-19(15-18-9-6-4-7-10-18)11-13-21(24)20-12-14-22-23(16-20)26-17-25-22/h4,6-7,9-16H,2-3,5,8,17H2,1H3/b13-11+,19-15-. The summed E-state index contributed by atoms with van der Waals surface area (Å²) in [5, 5.41) is 0. The van der Waals surface area contributed by atoms with Gasteiger partial charge in [-0.05, 0) is 48.3 Å². The van der Waals surface area contributed by atoms with Crippen LogP contribution in [0.3, 0.4) is 0 Å². The molecule has 26 heavy (non-hydrogen) atoms. The molecule has 2 aromatic rings. The Balaban J connectivity index is 1.74. The van der Waals surface area contributed by atoms with E-state index in [0.29, 0.717) is 17.1 Å². The molecule has 1 aliphatic heterocycles. The van der Waals surface area contributed by atoms with Crippen LogP contribution in [-0.2, 0) is 0 Å². The third-order valence-electron chi connectivity index (χ3n) is 4.33. The van der Waals surface area contributed by atoms with Gasteiger partial charge in [-0.2, -0.15) is 0 Å². The van der Waals surface area contributed by atoms with Crippen molar-refractivity contribution in [3.05, 3.63) is 77.4 Å². The number of ether oxygens (including phenoxy) is 2. The van der Waals surface area contributed by atoms with Crippen LogP contribution >= 0.6 is 0 Å². The van der Waals surface area contributed by atoms with Gasteiger partial charge >= 0.3 is 0 Å². The number of unbranched alkanes of at least 4 members (excludes halogenated alkanes) is 2. The van der Waals surface area contributed by atoms with E-state index in [1.165, 1.54) is 18.4 Å². The van der Waals surface area contributed by atoms with Crippen molar-refractivity contribution in [1.29, 1.82) is 0 Å². The molecule has 1 heterocycles. The van der Waals surface area contributed by atoms with Gasteiger partial charge in [-0.3, -0.25) is 4.79 Å². The zero-order valence-electron chi connectivity index (χ0n) is 15.1. The lowest BCUT2D eigenvalue weighted by atomic mass is 10.0. The van der Waals surface area contributed by atoms with Crippen LogP contribution in [0.1, 0.15) is 48.5 Å². The van der Waals surface area contributed by atoms with Gasteiger partial charge < -0.3 is 9.47 Å². The van der Waals surface area contributed by atoms with Crippen molar-refractivity contribution in [2.24, 2.45) is 0 Å². The monoisotopic (exact) mass is 348 g/mol. The summed E-state index contributed by atoms with van der Waals surface area (Å²) in [5.74, 6) is 1.29. The number of hydrogen-bond acceptors (Lipinski definition) is 3. The van der Waals surface area contributed by atoms with Crippen molar-refractivity contribution in [2.45, 2.75) is 32.6 Å². The second-order valence-corrected chi connectivity index (χ2v) is 6.35. The molecule has 0 aromatic heterocycles. The highest BCUT2D eigenvalue weighted by atomic mass is 16.7. The highest BCUT2D eigenvalue weighted by Gasteiger charge is 2.15. The summed E-state index contributed by atoms with van der Waals surface area (Å²) in [7, 11) is 0. The molecule has 0 radical (unpaired) electrons. The van der Waals surface area contributed by atoms with Crippen molar-refractivity contribution in [1.82, 2.24) is 0 Å². The van der Waals surface area contributed by atoms with Gasteiger partial charge in [-0.15, -0.1) is 0 Å². The quantitative estimate of drug-likeness (QED) is 0.261. The average Bonchev–Trinajstić information content (AvgIpc) is 3.14. The fourth-order valence-electron chi connectivity index (χ4n) is 2.87. The van der Waals surface area contributed by atoms with Gasteiger partial charge in [0.15, 0.2) is 17.3 Å². The second-order valence-electron chi connectivity index (χ2n) is 6.35. The summed E-state index contributed by atoms with van der Waals surface area (Å²) >= 11 is 0. The van der Waals surface area contributed by atoms with Crippen LogP contribution in [0.15, 0.2) is 66.3 Å². The number of hydrogen-bond donors (Lipinski definition) is 0. The first-order chi connectivity index (χ1) is 12.8. The molecule has 0 unspecified atom stereocenters. The normalized spacial score (nSPS) is 13.3. The van der Waals surface area contributed by atoms with Gasteiger partial charge in [0.25, 0.3) is 0 Å². The predicted octanol–water partition coefficient (Wildman–Crippen LogP) is 5.82. The molecule has 0 aliphatic carbocycles. The molecular formula is C23H24O3. The molecule has 3 nitrogen and oxygen atoms in total. The lowest BCUT2D eigenvalue weighted by Gasteiger charge is -2.03. The van der Waals surface area contributed by atoms with Crippen LogP contribution in [-0.4, -0.2) is 12.6 Å². The van der Waals surface area contributed by atoms with Gasteiger partial charge in [-0.25, -0.2) is 0 Å². The van der Waals surface area contributed by atoms with Gasteiger partial charge in [0.2, 0.25) is 6.79 Å². The molecule has 134 valence electrons. The lowest BCUT2D eigenvalue weighted by Crippen LogP contribution is -1.95. The molecule has 2 aromatic carbocycles. The highest BCUT2D eigenvalue weighted by molar-refractivity contribution is 6.05. The first-order valence-corrected chi connectivity index (χ1v) is 9.14. The Morgan fingerprint density at radius 1 is 1.00 bits per heavy atom. The summed E-state index contributed by atoms with van der Waals surface area (Å²) < 4.78 is 10.6. The minimum atomic E-state index is -0.0299. The molecule has 0 bridgehead atoms. The van der Waals surface area contributed by atoms with E-state index in [1.54, 1.807) is 24.3 Å². The SMILES string of the molecule is CCCCCC(=C/c1ccccc1)/C=C/C(=O)c1ccc2c(c1)OCO2. The summed E-state index contributed by atoms with van der Waals surface area (Å²) in [6.07, 6.45) is 10.2. The first kappa shape index (κ1) is 18.0. The van der Waals surface area contributed by atoms with Gasteiger partial charge in [0.05, 0.1) is 0 Å². The van der Waals surface area contributed by atoms with Crippen molar-refractivity contribution in [3.63, 3.8) is 0 Å². The van der Waals surface area contributed by atoms with Crippen LogP contribution in [0.2, 0.25) is 0 Å². The molecule has 0 amide bonds. The van der Waals surface area contributed by atoms with E-state index in [1.807, 2.05) is 24.3 Å². The topological polar surface area (TPSA) is 35.5 Å². The van der Waals surface area contributed by atoms with Crippen LogP contribution in [0.25, 0.3) is 6.08 Å². The molecule has 3 rings (SSSR count). The van der Waals surface area contributed by atoms with E-state index in [0.717, 1.165) is 18.4 Å². The summed E-state index contributed by atoms with van der Waals surface area (Å²) in [4.78, 5) is 12.5. The molecule has 0 saturated carbocycles. The minimum absolute atomic E-state index is 0.0299. The Kier molecular flexibility index (Phi) is 6.26. The summed E-state index contributed by atoms with van der Waals surface area (Å²) in [5.41, 5.74) is 2.93. The maximum atomic E-state index is 12.5. The number of ketones is 1. The largest absolute Gasteiger partial charge is 0.454 e. The zero-order chi connectivity index (χ0) is 18.2. The maximum Gasteiger partial charge on any atom is 0.231 e. The Bertz CT molecular complexity index is 803. The molecular weight excluding hydrogens is 324 g/mol. The molecule has 3 heteroatoms. The van der Waals surface area contributed by atoms with Crippen LogP contribution in [0, 0.1) is 0 Å². The summed E-state index contributed by atoms with van der Waals surface area (Å²) in [6, 6.07) is 15.5. The fourth-order valence-corrected chi connectivity index (χ4v) is 2.87. The van der Waals surface area contributed by atoms with E-state index in [-0.39, 0.29) is 12.6 Å². The Hall–Kier alpha value is -2.81. The molecule has 0 saturated heterocycles. The highest BCUT2D eigenvalue weighted by Crippen LogP contribution is 2.32. The van der Waals surface area contributed by atoms with Gasteiger partial charge in [-0.1, -0.05) is 62.2 Å². The van der Waals surface area contributed by atoms with E-state index in [2.05, 4.69) is 25.1 Å². The number of rotatable bonds is 8. The second kappa shape index (κ2) is 9.04. The number of allylic oxidation sites excluding steroid dienone is 3. The van der Waals surface area contributed by atoms with E-state index < -0.39 is 0 Å². The van der Waals surface area contributed by atoms with Crippen LogP contribution in [0.5, 0.6) is 11.5 Å². The Morgan fingerprint density at radius 3 is 2.62 bits per heavy atom. The molecule has 0 atom stereocenters. The number of carbonyl (C=O) groups is 1. The zero-order valence-corrected chi connectivity index (χ0v) is 15.1. The lowest BCUT2D eigenvalue weighted by molar-refractivity contribution is 0.104. The third kappa shape index (κ3) is 4.85. The van der Waals surface area contributed by atoms with E-state index >= 15 is 0 Å². The fraction of sp³-hybridized carbons (Fsp3) is 0.261. The maximum absolute atomic E-state index is 12.5. The Labute approximate surface area is 155 Å². The Morgan fingerprint density at radius 2 is 1.81 bits per heavy atom. The molecule has 0 N–H and O–H groups in total. The smallest absolute Gasteiger partial charge is 0.231 e. The number of fused-ring (bicyclic) bond motifs is 1. The average molecular weight is 348 g/mol. The van der Waals surface area contributed by atoms with E-state index in [9.17, 15) is 4.79 Å². The molecule has 1 aliphatic rings.